The van der Waals surface area contributed by atoms with Gasteiger partial charge in [0, 0.05) is 6.42 Å². The predicted molar refractivity (Wildman–Crippen MR) is 139 cm³/mol. The molecule has 2 aliphatic rings. The Labute approximate surface area is 220 Å². The second-order valence-corrected chi connectivity index (χ2v) is 9.04. The second-order valence-electron chi connectivity index (χ2n) is 9.04. The van der Waals surface area contributed by atoms with Crippen LogP contribution >= 0.6 is 0 Å². The number of hydrogen-bond acceptors (Lipinski definition) is 7. The number of aliphatic carboxylic acids is 1. The molecule has 0 aromatic heterocycles. The van der Waals surface area contributed by atoms with Crippen molar-refractivity contribution < 1.29 is 38.3 Å². The van der Waals surface area contributed by atoms with E-state index >= 15 is 0 Å². The third-order valence-electron chi connectivity index (χ3n) is 5.94. The van der Waals surface area contributed by atoms with Gasteiger partial charge >= 0.3 is 5.97 Å². The third kappa shape index (κ3) is 5.39. The van der Waals surface area contributed by atoms with Gasteiger partial charge in [-0.3, -0.25) is 0 Å². The highest BCUT2D eigenvalue weighted by Crippen LogP contribution is 2.42. The zero-order valence-electron chi connectivity index (χ0n) is 21.2. The van der Waals surface area contributed by atoms with E-state index in [1.165, 1.54) is 6.26 Å². The van der Waals surface area contributed by atoms with E-state index in [2.05, 4.69) is 0 Å². The largest absolute Gasteiger partial charge is 0.497 e. The van der Waals surface area contributed by atoms with E-state index in [9.17, 15) is 9.90 Å². The molecule has 3 aromatic carbocycles. The molecular weight excluding hydrogens is 488 g/mol. The SMILES string of the molecule is COc1ccc(OC2=C(C(=O)O)C(C3=COC(Cc4ccccc4)O3)Oc3ccc(OC(C)C)cc32)cc1. The topological polar surface area (TPSA) is 92.7 Å². The number of benzene rings is 3. The first-order valence-corrected chi connectivity index (χ1v) is 12.2. The minimum absolute atomic E-state index is 0.0741. The Balaban J connectivity index is 1.51. The summed E-state index contributed by atoms with van der Waals surface area (Å²) in [6.45, 7) is 3.82. The normalized spacial score (nSPS) is 18.1. The summed E-state index contributed by atoms with van der Waals surface area (Å²) >= 11 is 0. The van der Waals surface area contributed by atoms with Gasteiger partial charge in [0.1, 0.15) is 34.8 Å². The van der Waals surface area contributed by atoms with Crippen LogP contribution in [0.15, 0.2) is 90.4 Å². The van der Waals surface area contributed by atoms with E-state index in [0.29, 0.717) is 35.0 Å². The number of hydrogen-bond donors (Lipinski definition) is 1. The summed E-state index contributed by atoms with van der Waals surface area (Å²) in [7, 11) is 1.57. The molecule has 0 aliphatic carbocycles. The number of ether oxygens (including phenoxy) is 6. The number of fused-ring (bicyclic) bond motifs is 1. The van der Waals surface area contributed by atoms with E-state index in [-0.39, 0.29) is 23.2 Å². The molecule has 0 bridgehead atoms. The van der Waals surface area contributed by atoms with Crippen molar-refractivity contribution in [2.75, 3.05) is 7.11 Å². The first-order valence-electron chi connectivity index (χ1n) is 12.2. The first-order chi connectivity index (χ1) is 18.4. The molecule has 0 spiro atoms. The monoisotopic (exact) mass is 516 g/mol. The summed E-state index contributed by atoms with van der Waals surface area (Å²) in [5.74, 6) is 1.22. The molecule has 8 nitrogen and oxygen atoms in total. The highest BCUT2D eigenvalue weighted by atomic mass is 16.7. The van der Waals surface area contributed by atoms with Crippen molar-refractivity contribution in [2.45, 2.75) is 38.8 Å². The molecule has 3 aromatic rings. The Morgan fingerprint density at radius 1 is 0.947 bits per heavy atom. The molecule has 0 fully saturated rings. The summed E-state index contributed by atoms with van der Waals surface area (Å²) in [5.41, 5.74) is 1.36. The molecule has 2 atom stereocenters. The molecule has 38 heavy (non-hydrogen) atoms. The number of carboxylic acid groups (broad SMARTS) is 1. The van der Waals surface area contributed by atoms with Gasteiger partial charge in [0.25, 0.3) is 0 Å². The molecule has 2 aliphatic heterocycles. The van der Waals surface area contributed by atoms with Crippen molar-refractivity contribution in [3.05, 3.63) is 102 Å². The van der Waals surface area contributed by atoms with Crippen LogP contribution in [0.3, 0.4) is 0 Å². The maximum Gasteiger partial charge on any atom is 0.339 e. The summed E-state index contributed by atoms with van der Waals surface area (Å²) in [5, 5.41) is 10.3. The van der Waals surface area contributed by atoms with Gasteiger partial charge in [-0.1, -0.05) is 30.3 Å². The Bertz CT molecular complexity index is 1360. The Kier molecular flexibility index (Phi) is 7.13. The molecule has 8 heteroatoms. The lowest BCUT2D eigenvalue weighted by Crippen LogP contribution is -2.33. The Morgan fingerprint density at radius 3 is 2.34 bits per heavy atom. The molecule has 2 heterocycles. The Hall–Kier alpha value is -4.59. The predicted octanol–water partition coefficient (Wildman–Crippen LogP) is 5.58. The van der Waals surface area contributed by atoms with E-state index in [1.807, 2.05) is 44.2 Å². The minimum Gasteiger partial charge on any atom is -0.497 e. The van der Waals surface area contributed by atoms with Gasteiger partial charge in [0.05, 0.1) is 18.8 Å². The van der Waals surface area contributed by atoms with Crippen molar-refractivity contribution in [2.24, 2.45) is 0 Å². The van der Waals surface area contributed by atoms with Crippen LogP contribution in [0.2, 0.25) is 0 Å². The van der Waals surface area contributed by atoms with E-state index in [4.69, 9.17) is 28.4 Å². The van der Waals surface area contributed by atoms with Gasteiger partial charge in [-0.2, -0.15) is 0 Å². The summed E-state index contributed by atoms with van der Waals surface area (Å²) in [6.07, 6.45) is 0.121. The first kappa shape index (κ1) is 25.1. The zero-order valence-corrected chi connectivity index (χ0v) is 21.2. The average molecular weight is 517 g/mol. The van der Waals surface area contributed by atoms with Crippen LogP contribution in [-0.2, 0) is 20.7 Å². The maximum absolute atomic E-state index is 12.7. The minimum atomic E-state index is -1.21. The molecule has 5 rings (SSSR count). The molecule has 1 N–H and O–H groups in total. The van der Waals surface area contributed by atoms with E-state index in [0.717, 1.165) is 5.56 Å². The molecule has 196 valence electrons. The number of rotatable bonds is 9. The quantitative estimate of drug-likeness (QED) is 0.394. The number of carbonyl (C=O) groups is 1. The molecule has 0 radical (unpaired) electrons. The van der Waals surface area contributed by atoms with Gasteiger partial charge < -0.3 is 33.5 Å². The van der Waals surface area contributed by atoms with Crippen molar-refractivity contribution in [1.82, 2.24) is 0 Å². The fourth-order valence-corrected chi connectivity index (χ4v) is 4.24. The highest BCUT2D eigenvalue weighted by molar-refractivity contribution is 5.98. The smallest absolute Gasteiger partial charge is 0.339 e. The number of carboxylic acids is 1. The average Bonchev–Trinajstić information content (AvgIpc) is 3.37. The molecule has 0 saturated carbocycles. The van der Waals surface area contributed by atoms with Gasteiger partial charge in [0.2, 0.25) is 6.29 Å². The van der Waals surface area contributed by atoms with Crippen LogP contribution in [0.1, 0.15) is 25.0 Å². The van der Waals surface area contributed by atoms with E-state index in [1.54, 1.807) is 49.6 Å². The van der Waals surface area contributed by atoms with Crippen LogP contribution < -0.4 is 18.9 Å². The van der Waals surface area contributed by atoms with Crippen molar-refractivity contribution in [3.63, 3.8) is 0 Å². The summed E-state index contributed by atoms with van der Waals surface area (Å²) < 4.78 is 35.2. The maximum atomic E-state index is 12.7. The molecular formula is C30H28O8. The Morgan fingerprint density at radius 2 is 1.66 bits per heavy atom. The fourth-order valence-electron chi connectivity index (χ4n) is 4.24. The van der Waals surface area contributed by atoms with Gasteiger partial charge in [0.15, 0.2) is 17.6 Å². The zero-order chi connectivity index (χ0) is 26.6. The van der Waals surface area contributed by atoms with Crippen LogP contribution in [0.25, 0.3) is 5.76 Å². The van der Waals surface area contributed by atoms with Crippen molar-refractivity contribution in [3.8, 4) is 23.0 Å². The lowest BCUT2D eigenvalue weighted by Gasteiger charge is -2.29. The van der Waals surface area contributed by atoms with E-state index < -0.39 is 18.4 Å². The van der Waals surface area contributed by atoms with Crippen LogP contribution in [-0.4, -0.2) is 36.7 Å². The lowest BCUT2D eigenvalue weighted by molar-refractivity contribution is -0.133. The van der Waals surface area contributed by atoms with Crippen LogP contribution in [0, 0.1) is 0 Å². The molecule has 0 amide bonds. The van der Waals surface area contributed by atoms with Gasteiger partial charge in [-0.15, -0.1) is 0 Å². The van der Waals surface area contributed by atoms with Crippen LogP contribution in [0.5, 0.6) is 23.0 Å². The third-order valence-corrected chi connectivity index (χ3v) is 5.94. The summed E-state index contributed by atoms with van der Waals surface area (Å²) in [6, 6.07) is 21.8. The summed E-state index contributed by atoms with van der Waals surface area (Å²) in [4.78, 5) is 12.7. The molecule has 2 unspecified atom stereocenters. The standard InChI is InChI=1S/C30H28O8/c1-18(2)35-22-13-14-24-23(16-22)28(36-21-11-9-20(33-3)10-12-21)27(30(31)32)29(38-24)25-17-34-26(37-25)15-19-7-5-4-6-8-19/h4-14,16-18,26,29H,15H2,1-3H3,(H,31,32). The molecule has 0 saturated heterocycles. The van der Waals surface area contributed by atoms with Crippen molar-refractivity contribution >= 4 is 11.7 Å². The van der Waals surface area contributed by atoms with Gasteiger partial charge in [-0.05, 0) is 61.9 Å². The van der Waals surface area contributed by atoms with Crippen molar-refractivity contribution in [1.29, 1.82) is 0 Å². The van der Waals surface area contributed by atoms with Crippen LogP contribution in [0.4, 0.5) is 0 Å². The highest BCUT2D eigenvalue weighted by Gasteiger charge is 2.41. The fraction of sp³-hybridized carbons (Fsp3) is 0.233. The van der Waals surface area contributed by atoms with Gasteiger partial charge in [-0.25, -0.2) is 4.79 Å². The number of methoxy groups -OCH3 is 1. The second kappa shape index (κ2) is 10.8. The lowest BCUT2D eigenvalue weighted by atomic mass is 9.98.